The van der Waals surface area contributed by atoms with Gasteiger partial charge in [-0.2, -0.15) is 0 Å². The molecule has 188 valence electrons. The quantitative estimate of drug-likeness (QED) is 0.301. The van der Waals surface area contributed by atoms with Crippen molar-refractivity contribution in [2.45, 2.75) is 19.1 Å². The van der Waals surface area contributed by atoms with Crippen molar-refractivity contribution < 1.29 is 29.3 Å². The Labute approximate surface area is 214 Å². The van der Waals surface area contributed by atoms with Crippen molar-refractivity contribution in [1.82, 2.24) is 10.6 Å². The smallest absolute Gasteiger partial charge is 0.328 e. The molecule has 0 bridgehead atoms. The highest BCUT2D eigenvalue weighted by molar-refractivity contribution is 6.30. The van der Waals surface area contributed by atoms with Crippen molar-refractivity contribution >= 4 is 29.4 Å². The summed E-state index contributed by atoms with van der Waals surface area (Å²) in [7, 11) is 1.64. The lowest BCUT2D eigenvalue weighted by molar-refractivity contribution is -0.134. The average molecular weight is 511 g/mol. The Bertz CT molecular complexity index is 1130. The van der Waals surface area contributed by atoms with E-state index in [1.54, 1.807) is 7.11 Å². The molecule has 36 heavy (non-hydrogen) atoms. The van der Waals surface area contributed by atoms with Crippen LogP contribution in [-0.2, 0) is 27.5 Å². The standard InChI is InChI=1S/C23H23ClN2O2.C4H4O4/c1-28-21-13-9-18(10-14-21)15-25-22(19-5-3-2-4-6-19)23(27)26-16-17-7-11-20(24)12-8-17;5-3(6)1-2-4(7)8/h2-14,22,25H,15-16H2,1H3,(H,26,27);1-2H,(H,5,6)(H,7,8)/b;2-1+. The Morgan fingerprint density at radius 1 is 0.833 bits per heavy atom. The van der Waals surface area contributed by atoms with Crippen LogP contribution in [-0.4, -0.2) is 35.2 Å². The highest BCUT2D eigenvalue weighted by Crippen LogP contribution is 2.16. The highest BCUT2D eigenvalue weighted by atomic mass is 35.5. The van der Waals surface area contributed by atoms with Gasteiger partial charge < -0.3 is 20.3 Å². The summed E-state index contributed by atoms with van der Waals surface area (Å²) in [6, 6.07) is 24.5. The van der Waals surface area contributed by atoms with Gasteiger partial charge in [-0.05, 0) is 41.0 Å². The fraction of sp³-hybridized carbons (Fsp3) is 0.148. The molecule has 4 N–H and O–H groups in total. The molecule has 0 aromatic heterocycles. The second-order valence-electron chi connectivity index (χ2n) is 7.43. The predicted molar refractivity (Wildman–Crippen MR) is 137 cm³/mol. The molecule has 3 aromatic rings. The zero-order valence-corrected chi connectivity index (χ0v) is 20.3. The topological polar surface area (TPSA) is 125 Å². The predicted octanol–water partition coefficient (Wildman–Crippen LogP) is 4.21. The van der Waals surface area contributed by atoms with Crippen LogP contribution in [0.5, 0.6) is 5.75 Å². The summed E-state index contributed by atoms with van der Waals surface area (Å²) in [5, 5.41) is 22.7. The summed E-state index contributed by atoms with van der Waals surface area (Å²) < 4.78 is 5.19. The largest absolute Gasteiger partial charge is 0.497 e. The SMILES string of the molecule is COc1ccc(CNC(C(=O)NCc2ccc(Cl)cc2)c2ccccc2)cc1.O=C(O)/C=C/C(=O)O. The molecule has 8 nitrogen and oxygen atoms in total. The molecule has 1 unspecified atom stereocenters. The lowest BCUT2D eigenvalue weighted by Gasteiger charge is -2.19. The van der Waals surface area contributed by atoms with Gasteiger partial charge in [-0.1, -0.05) is 66.2 Å². The fourth-order valence-corrected chi connectivity index (χ4v) is 3.13. The number of carbonyl (C=O) groups excluding carboxylic acids is 1. The molecule has 1 amide bonds. The van der Waals surface area contributed by atoms with Gasteiger partial charge in [-0.15, -0.1) is 0 Å². The van der Waals surface area contributed by atoms with Crippen molar-refractivity contribution in [2.75, 3.05) is 7.11 Å². The molecular weight excluding hydrogens is 484 g/mol. The van der Waals surface area contributed by atoms with Gasteiger partial charge in [0.2, 0.25) is 5.91 Å². The Hall–Kier alpha value is -4.14. The van der Waals surface area contributed by atoms with Gasteiger partial charge in [-0.25, -0.2) is 9.59 Å². The normalized spacial score (nSPS) is 11.2. The molecular formula is C27H27ClN2O6. The number of aliphatic carboxylic acids is 2. The summed E-state index contributed by atoms with van der Waals surface area (Å²) in [5.41, 5.74) is 3.00. The van der Waals surface area contributed by atoms with Gasteiger partial charge in [-0.3, -0.25) is 10.1 Å². The van der Waals surface area contributed by atoms with Gasteiger partial charge in [0, 0.05) is 30.3 Å². The molecule has 9 heteroatoms. The van der Waals surface area contributed by atoms with Crippen molar-refractivity contribution in [1.29, 1.82) is 0 Å². The van der Waals surface area contributed by atoms with E-state index >= 15 is 0 Å². The molecule has 0 aliphatic carbocycles. The molecule has 3 aromatic carbocycles. The van der Waals surface area contributed by atoms with Crippen molar-refractivity contribution in [3.05, 3.63) is 113 Å². The molecule has 0 radical (unpaired) electrons. The minimum Gasteiger partial charge on any atom is -0.497 e. The van der Waals surface area contributed by atoms with Gasteiger partial charge >= 0.3 is 11.9 Å². The molecule has 3 rings (SSSR count). The van der Waals surface area contributed by atoms with Crippen LogP contribution in [0.1, 0.15) is 22.7 Å². The molecule has 0 aliphatic heterocycles. The van der Waals surface area contributed by atoms with Crippen molar-refractivity contribution in [3.8, 4) is 5.75 Å². The summed E-state index contributed by atoms with van der Waals surface area (Å²) in [5.74, 6) is -1.78. The van der Waals surface area contributed by atoms with Crippen LogP contribution in [0, 0.1) is 0 Å². The lowest BCUT2D eigenvalue weighted by Crippen LogP contribution is -2.37. The van der Waals surface area contributed by atoms with Gasteiger partial charge in [0.25, 0.3) is 0 Å². The first-order valence-electron chi connectivity index (χ1n) is 10.9. The van der Waals surface area contributed by atoms with Crippen molar-refractivity contribution in [3.63, 3.8) is 0 Å². The number of hydrogen-bond donors (Lipinski definition) is 4. The Morgan fingerprint density at radius 3 is 1.89 bits per heavy atom. The number of ether oxygens (including phenoxy) is 1. The Kier molecular flexibility index (Phi) is 11.7. The Balaban J connectivity index is 0.000000493. The molecule has 0 saturated carbocycles. The minimum absolute atomic E-state index is 0.0744. The van der Waals surface area contributed by atoms with Crippen LogP contribution in [0.15, 0.2) is 91.0 Å². The van der Waals surface area contributed by atoms with Gasteiger partial charge in [0.1, 0.15) is 11.8 Å². The van der Waals surface area contributed by atoms with Crippen LogP contribution in [0.4, 0.5) is 0 Å². The number of benzene rings is 3. The van der Waals surface area contributed by atoms with E-state index < -0.39 is 18.0 Å². The summed E-state index contributed by atoms with van der Waals surface area (Å²) >= 11 is 5.92. The fourth-order valence-electron chi connectivity index (χ4n) is 3.01. The van der Waals surface area contributed by atoms with Crippen molar-refractivity contribution in [2.24, 2.45) is 0 Å². The van der Waals surface area contributed by atoms with Crippen LogP contribution < -0.4 is 15.4 Å². The number of carbonyl (C=O) groups is 3. The zero-order chi connectivity index (χ0) is 26.3. The molecule has 0 saturated heterocycles. The second kappa shape index (κ2) is 15.0. The molecule has 0 aliphatic rings. The number of carboxylic acid groups (broad SMARTS) is 2. The van der Waals surface area contributed by atoms with Gasteiger partial charge in [0.05, 0.1) is 7.11 Å². The highest BCUT2D eigenvalue weighted by Gasteiger charge is 2.19. The van der Waals surface area contributed by atoms with E-state index in [1.165, 1.54) is 0 Å². The maximum absolute atomic E-state index is 12.9. The van der Waals surface area contributed by atoms with Crippen LogP contribution in [0.25, 0.3) is 0 Å². The van der Waals surface area contributed by atoms with Crippen LogP contribution in [0.2, 0.25) is 5.02 Å². The Morgan fingerprint density at radius 2 is 1.36 bits per heavy atom. The number of hydrogen-bond acceptors (Lipinski definition) is 5. The molecule has 0 heterocycles. The van der Waals surface area contributed by atoms with E-state index in [0.717, 1.165) is 22.4 Å². The zero-order valence-electron chi connectivity index (χ0n) is 19.6. The summed E-state index contributed by atoms with van der Waals surface area (Å²) in [4.78, 5) is 32.0. The first-order chi connectivity index (χ1) is 17.3. The summed E-state index contributed by atoms with van der Waals surface area (Å²) in [6.07, 6.45) is 1.12. The molecule has 1 atom stereocenters. The number of rotatable bonds is 10. The van der Waals surface area contributed by atoms with E-state index in [4.69, 9.17) is 26.6 Å². The lowest BCUT2D eigenvalue weighted by atomic mass is 10.1. The minimum atomic E-state index is -1.26. The number of amides is 1. The number of methoxy groups -OCH3 is 1. The third-order valence-electron chi connectivity index (χ3n) is 4.81. The maximum atomic E-state index is 12.9. The van der Waals surface area contributed by atoms with E-state index in [-0.39, 0.29) is 5.91 Å². The number of carboxylic acids is 2. The number of nitrogens with one attached hydrogen (secondary N) is 2. The van der Waals surface area contributed by atoms with Gasteiger partial charge in [0.15, 0.2) is 0 Å². The first kappa shape index (κ1) is 28.1. The molecule has 0 spiro atoms. The monoisotopic (exact) mass is 510 g/mol. The maximum Gasteiger partial charge on any atom is 0.328 e. The van der Waals surface area contributed by atoms with Crippen LogP contribution in [0.3, 0.4) is 0 Å². The average Bonchev–Trinajstić information content (AvgIpc) is 2.88. The van der Waals surface area contributed by atoms with E-state index in [9.17, 15) is 14.4 Å². The summed E-state index contributed by atoms with van der Waals surface area (Å²) in [6.45, 7) is 1.02. The second-order valence-corrected chi connectivity index (χ2v) is 7.86. The van der Waals surface area contributed by atoms with Crippen LogP contribution >= 0.6 is 11.6 Å². The third-order valence-corrected chi connectivity index (χ3v) is 5.06. The van der Waals surface area contributed by atoms with E-state index in [1.807, 2.05) is 78.9 Å². The third kappa shape index (κ3) is 10.4. The van der Waals surface area contributed by atoms with E-state index in [0.29, 0.717) is 30.3 Å². The van der Waals surface area contributed by atoms with E-state index in [2.05, 4.69) is 10.6 Å². The number of halogens is 1. The molecule has 0 fully saturated rings. The first-order valence-corrected chi connectivity index (χ1v) is 11.2.